The molecule has 108 valence electrons. The molecule has 2 atom stereocenters. The van der Waals surface area contributed by atoms with Crippen LogP contribution in [0.15, 0.2) is 24.3 Å². The van der Waals surface area contributed by atoms with Crippen molar-refractivity contribution in [3.05, 3.63) is 35.6 Å². The highest BCUT2D eigenvalue weighted by Gasteiger charge is 2.39. The summed E-state index contributed by atoms with van der Waals surface area (Å²) in [6, 6.07) is 3.88. The molecule has 0 aromatic heterocycles. The largest absolute Gasteiger partial charge is 0.347 e. The van der Waals surface area contributed by atoms with Gasteiger partial charge in [0.05, 0.1) is 12.1 Å². The Kier molecular flexibility index (Phi) is 3.69. The molecular weight excluding hydrogens is 273 g/mol. The molecule has 1 aliphatic heterocycles. The van der Waals surface area contributed by atoms with Gasteiger partial charge in [-0.15, -0.1) is 0 Å². The van der Waals surface area contributed by atoms with Gasteiger partial charge in [-0.25, -0.2) is 4.39 Å². The van der Waals surface area contributed by atoms with Gasteiger partial charge in [0.2, 0.25) is 5.91 Å². The highest BCUT2D eigenvalue weighted by Crippen LogP contribution is 2.26. The molecule has 0 bridgehead atoms. The molecule has 1 saturated heterocycles. The predicted molar refractivity (Wildman–Crippen MR) is 64.5 cm³/mol. The lowest BCUT2D eigenvalue weighted by Crippen LogP contribution is -2.45. The molecule has 0 saturated carbocycles. The van der Waals surface area contributed by atoms with E-state index in [0.29, 0.717) is 12.5 Å². The normalized spacial score (nSPS) is 22.5. The minimum Gasteiger partial charge on any atom is -0.347 e. The number of rotatable bonds is 3. The Hall–Kier alpha value is -2.05. The lowest BCUT2D eigenvalue weighted by molar-refractivity contribution is -0.143. The van der Waals surface area contributed by atoms with Crippen LogP contribution in [0.2, 0.25) is 0 Å². The quantitative estimate of drug-likeness (QED) is 0.885. The molecule has 2 rings (SSSR count). The molecule has 1 aromatic carbocycles. The summed E-state index contributed by atoms with van der Waals surface area (Å²) >= 11 is 0. The van der Waals surface area contributed by atoms with E-state index in [1.807, 2.05) is 0 Å². The Balaban J connectivity index is 2.19. The Bertz CT molecular complexity index is 543. The lowest BCUT2D eigenvalue weighted by atomic mass is 10.0. The maximum Gasteiger partial charge on any atom is 0.321 e. The molecular formula is C13H13F3N2O2. The summed E-state index contributed by atoms with van der Waals surface area (Å²) < 4.78 is 38.9. The smallest absolute Gasteiger partial charge is 0.321 e. The van der Waals surface area contributed by atoms with Gasteiger partial charge >= 0.3 is 5.92 Å². The molecule has 1 aromatic rings. The van der Waals surface area contributed by atoms with Crippen LogP contribution in [0.25, 0.3) is 0 Å². The average molecular weight is 286 g/mol. The Morgan fingerprint density at radius 2 is 2.15 bits per heavy atom. The van der Waals surface area contributed by atoms with Gasteiger partial charge in [-0.3, -0.25) is 9.59 Å². The molecule has 7 heteroatoms. The number of amides is 2. The first-order chi connectivity index (χ1) is 9.27. The molecule has 0 aliphatic carbocycles. The summed E-state index contributed by atoms with van der Waals surface area (Å²) in [5.74, 6) is -5.88. The van der Waals surface area contributed by atoms with Crippen LogP contribution >= 0.6 is 0 Å². The van der Waals surface area contributed by atoms with Crippen molar-refractivity contribution in [2.45, 2.75) is 31.4 Å². The van der Waals surface area contributed by atoms with Crippen molar-refractivity contribution in [3.63, 3.8) is 0 Å². The Morgan fingerprint density at radius 3 is 2.75 bits per heavy atom. The number of hydrogen-bond donors (Lipinski definition) is 2. The highest BCUT2D eigenvalue weighted by atomic mass is 19.3. The molecule has 1 aliphatic rings. The van der Waals surface area contributed by atoms with Crippen LogP contribution in [0.3, 0.4) is 0 Å². The molecule has 0 radical (unpaired) electrons. The lowest BCUT2D eigenvalue weighted by Gasteiger charge is -2.22. The van der Waals surface area contributed by atoms with Crippen molar-refractivity contribution in [2.75, 3.05) is 0 Å². The maximum atomic E-state index is 13.2. The van der Waals surface area contributed by atoms with Crippen molar-refractivity contribution in [2.24, 2.45) is 0 Å². The minimum absolute atomic E-state index is 0.122. The number of carbonyl (C=O) groups is 2. The van der Waals surface area contributed by atoms with E-state index in [2.05, 4.69) is 10.6 Å². The number of hydrogen-bond acceptors (Lipinski definition) is 2. The van der Waals surface area contributed by atoms with E-state index in [1.54, 1.807) is 6.07 Å². The number of benzene rings is 1. The summed E-state index contributed by atoms with van der Waals surface area (Å²) in [6.45, 7) is 0.476. The van der Waals surface area contributed by atoms with Crippen molar-refractivity contribution >= 4 is 11.8 Å². The maximum absolute atomic E-state index is 13.2. The monoisotopic (exact) mass is 286 g/mol. The third kappa shape index (κ3) is 3.09. The van der Waals surface area contributed by atoms with E-state index >= 15 is 0 Å². The summed E-state index contributed by atoms with van der Waals surface area (Å²) in [7, 11) is 0. The molecule has 1 heterocycles. The van der Waals surface area contributed by atoms with Crippen LogP contribution in [-0.4, -0.2) is 23.8 Å². The Labute approximate surface area is 113 Å². The fourth-order valence-corrected chi connectivity index (χ4v) is 2.10. The van der Waals surface area contributed by atoms with Crippen LogP contribution in [-0.2, 0) is 9.59 Å². The number of carbonyl (C=O) groups excluding carboxylic acids is 2. The molecule has 0 unspecified atom stereocenters. The molecule has 2 N–H and O–H groups in total. The van der Waals surface area contributed by atoms with E-state index < -0.39 is 29.7 Å². The van der Waals surface area contributed by atoms with Gasteiger partial charge in [0, 0.05) is 13.3 Å². The van der Waals surface area contributed by atoms with E-state index in [9.17, 15) is 22.8 Å². The Morgan fingerprint density at radius 1 is 1.45 bits per heavy atom. The van der Waals surface area contributed by atoms with Crippen LogP contribution in [0.1, 0.15) is 24.9 Å². The number of halogens is 3. The summed E-state index contributed by atoms with van der Waals surface area (Å²) in [6.07, 6.45) is -0.122. The van der Waals surface area contributed by atoms with Crippen LogP contribution in [0, 0.1) is 5.82 Å². The van der Waals surface area contributed by atoms with Gasteiger partial charge in [-0.2, -0.15) is 8.78 Å². The fraction of sp³-hybridized carbons (Fsp3) is 0.385. The summed E-state index contributed by atoms with van der Waals surface area (Å²) in [4.78, 5) is 22.7. The molecule has 1 fully saturated rings. The summed E-state index contributed by atoms with van der Waals surface area (Å²) in [5, 5.41) is 4.66. The number of alkyl halides is 2. The zero-order chi connectivity index (χ0) is 14.9. The van der Waals surface area contributed by atoms with Gasteiger partial charge in [-0.05, 0) is 17.7 Å². The second-order valence-corrected chi connectivity index (χ2v) is 4.77. The van der Waals surface area contributed by atoms with Crippen molar-refractivity contribution in [3.8, 4) is 0 Å². The fourth-order valence-electron chi connectivity index (χ4n) is 2.10. The van der Waals surface area contributed by atoms with Crippen molar-refractivity contribution in [1.82, 2.24) is 10.6 Å². The molecule has 0 spiro atoms. The number of nitrogens with one attached hydrogen (secondary N) is 2. The molecule has 20 heavy (non-hydrogen) atoms. The zero-order valence-electron chi connectivity index (χ0n) is 10.6. The van der Waals surface area contributed by atoms with Crippen LogP contribution in [0.5, 0.6) is 0 Å². The SMILES string of the molecule is CC(F)(F)C(=O)N[C@@H]1CC(=O)N[C@H]1c1cccc(F)c1. The predicted octanol–water partition coefficient (Wildman–Crippen LogP) is 1.53. The van der Waals surface area contributed by atoms with Crippen LogP contribution in [0.4, 0.5) is 13.2 Å². The second-order valence-electron chi connectivity index (χ2n) is 4.77. The highest BCUT2D eigenvalue weighted by molar-refractivity contribution is 5.86. The van der Waals surface area contributed by atoms with Crippen LogP contribution < -0.4 is 10.6 Å². The second kappa shape index (κ2) is 5.15. The first kappa shape index (κ1) is 14.4. The van der Waals surface area contributed by atoms with Gasteiger partial charge < -0.3 is 10.6 Å². The van der Waals surface area contributed by atoms with E-state index in [-0.39, 0.29) is 12.3 Å². The van der Waals surface area contributed by atoms with Gasteiger partial charge in [-0.1, -0.05) is 12.1 Å². The minimum atomic E-state index is -3.53. The molecule has 4 nitrogen and oxygen atoms in total. The van der Waals surface area contributed by atoms with Gasteiger partial charge in [0.15, 0.2) is 0 Å². The third-order valence-corrected chi connectivity index (χ3v) is 3.05. The molecule has 2 amide bonds. The average Bonchev–Trinajstić information content (AvgIpc) is 2.69. The van der Waals surface area contributed by atoms with Crippen molar-refractivity contribution in [1.29, 1.82) is 0 Å². The first-order valence-electron chi connectivity index (χ1n) is 6.01. The van der Waals surface area contributed by atoms with Crippen molar-refractivity contribution < 1.29 is 22.8 Å². The van der Waals surface area contributed by atoms with Gasteiger partial charge in [0.25, 0.3) is 5.91 Å². The first-order valence-corrected chi connectivity index (χ1v) is 6.01. The van der Waals surface area contributed by atoms with E-state index in [0.717, 1.165) is 0 Å². The zero-order valence-corrected chi connectivity index (χ0v) is 10.6. The topological polar surface area (TPSA) is 58.2 Å². The summed E-state index contributed by atoms with van der Waals surface area (Å²) in [5.41, 5.74) is 0.417. The van der Waals surface area contributed by atoms with E-state index in [4.69, 9.17) is 0 Å². The van der Waals surface area contributed by atoms with E-state index in [1.165, 1.54) is 18.2 Å². The van der Waals surface area contributed by atoms with Gasteiger partial charge in [0.1, 0.15) is 5.82 Å². The third-order valence-electron chi connectivity index (χ3n) is 3.05. The standard InChI is InChI=1S/C13H13F3N2O2/c1-13(15,16)12(20)17-9-6-10(19)18-11(9)7-3-2-4-8(14)5-7/h2-5,9,11H,6H2,1H3,(H,17,20)(H,18,19)/t9-,11+/m1/s1.